The Kier molecular flexibility index (Phi) is 9.48. The summed E-state index contributed by atoms with van der Waals surface area (Å²) in [4.78, 5) is 27.3. The number of amides is 2. The van der Waals surface area contributed by atoms with Crippen molar-refractivity contribution in [1.82, 2.24) is 10.2 Å². The highest BCUT2D eigenvalue weighted by atomic mass is 35.5. The van der Waals surface area contributed by atoms with Crippen molar-refractivity contribution in [3.8, 4) is 11.5 Å². The Balaban J connectivity index is 2.18. The van der Waals surface area contributed by atoms with E-state index >= 15 is 0 Å². The van der Waals surface area contributed by atoms with Gasteiger partial charge in [-0.15, -0.1) is 0 Å². The van der Waals surface area contributed by atoms with Crippen molar-refractivity contribution < 1.29 is 19.1 Å². The molecule has 2 aromatic carbocycles. The average molecular weight is 433 g/mol. The molecule has 2 aromatic rings. The van der Waals surface area contributed by atoms with Crippen LogP contribution >= 0.6 is 11.6 Å². The van der Waals surface area contributed by atoms with Crippen LogP contribution < -0.4 is 14.8 Å². The van der Waals surface area contributed by atoms with E-state index in [2.05, 4.69) is 5.32 Å². The van der Waals surface area contributed by atoms with E-state index in [0.29, 0.717) is 30.3 Å². The normalized spacial score (nSPS) is 11.5. The smallest absolute Gasteiger partial charge is 0.261 e. The second kappa shape index (κ2) is 12.1. The summed E-state index contributed by atoms with van der Waals surface area (Å²) in [6.07, 6.45) is 1.32. The second-order valence-corrected chi connectivity index (χ2v) is 7.27. The summed E-state index contributed by atoms with van der Waals surface area (Å²) >= 11 is 5.98. The maximum Gasteiger partial charge on any atom is 0.261 e. The molecule has 30 heavy (non-hydrogen) atoms. The summed E-state index contributed by atoms with van der Waals surface area (Å²) in [5.41, 5.74) is 0.897. The molecule has 0 unspecified atom stereocenters. The average Bonchev–Trinajstić information content (AvgIpc) is 2.76. The van der Waals surface area contributed by atoms with E-state index < -0.39 is 6.04 Å². The standard InChI is InChI=1S/C23H29ClN2O4/c1-4-13-25-23(28)21(5-2)26(15-17-9-11-19(29-3)12-10-17)22(27)16-30-20-8-6-7-18(24)14-20/h6-12,14,21H,4-5,13,15-16H2,1-3H3,(H,25,28)/t21-/m0/s1. The van der Waals surface area contributed by atoms with E-state index in [4.69, 9.17) is 21.1 Å². The molecule has 0 fully saturated rings. The van der Waals surface area contributed by atoms with Gasteiger partial charge in [-0.3, -0.25) is 9.59 Å². The SMILES string of the molecule is CCCNC(=O)[C@H](CC)N(Cc1ccc(OC)cc1)C(=O)COc1cccc(Cl)c1. The lowest BCUT2D eigenvalue weighted by Gasteiger charge is -2.30. The largest absolute Gasteiger partial charge is 0.497 e. The highest BCUT2D eigenvalue weighted by Gasteiger charge is 2.28. The maximum atomic E-state index is 13.1. The molecule has 0 saturated carbocycles. The molecule has 2 amide bonds. The van der Waals surface area contributed by atoms with E-state index in [0.717, 1.165) is 17.7 Å². The Morgan fingerprint density at radius 3 is 2.43 bits per heavy atom. The molecule has 0 aliphatic carbocycles. The van der Waals surface area contributed by atoms with Gasteiger partial charge in [0.2, 0.25) is 5.91 Å². The van der Waals surface area contributed by atoms with Crippen LogP contribution in [0.25, 0.3) is 0 Å². The van der Waals surface area contributed by atoms with Gasteiger partial charge in [-0.25, -0.2) is 0 Å². The molecule has 0 aromatic heterocycles. The van der Waals surface area contributed by atoms with Crippen LogP contribution in [0, 0.1) is 0 Å². The quantitative estimate of drug-likeness (QED) is 0.581. The Morgan fingerprint density at radius 1 is 1.10 bits per heavy atom. The van der Waals surface area contributed by atoms with Gasteiger partial charge >= 0.3 is 0 Å². The molecular weight excluding hydrogens is 404 g/mol. The number of ether oxygens (including phenoxy) is 2. The predicted molar refractivity (Wildman–Crippen MR) is 118 cm³/mol. The molecular formula is C23H29ClN2O4. The van der Waals surface area contributed by atoms with Crippen molar-refractivity contribution in [3.05, 3.63) is 59.1 Å². The third-order valence-corrected chi connectivity index (χ3v) is 4.84. The first-order valence-electron chi connectivity index (χ1n) is 10.1. The van der Waals surface area contributed by atoms with E-state index in [-0.39, 0.29) is 18.4 Å². The van der Waals surface area contributed by atoms with Gasteiger partial charge in [-0.1, -0.05) is 43.6 Å². The van der Waals surface area contributed by atoms with Gasteiger partial charge in [-0.05, 0) is 48.7 Å². The number of methoxy groups -OCH3 is 1. The van der Waals surface area contributed by atoms with Crippen LogP contribution in [0.5, 0.6) is 11.5 Å². The van der Waals surface area contributed by atoms with E-state index in [1.54, 1.807) is 36.3 Å². The zero-order chi connectivity index (χ0) is 21.9. The maximum absolute atomic E-state index is 13.1. The van der Waals surface area contributed by atoms with Crippen molar-refractivity contribution in [1.29, 1.82) is 0 Å². The lowest BCUT2D eigenvalue weighted by atomic mass is 10.1. The number of hydrogen-bond donors (Lipinski definition) is 1. The molecule has 0 heterocycles. The molecule has 0 radical (unpaired) electrons. The number of nitrogens with zero attached hydrogens (tertiary/aromatic N) is 1. The number of benzene rings is 2. The van der Waals surface area contributed by atoms with E-state index in [1.807, 2.05) is 38.1 Å². The van der Waals surface area contributed by atoms with Crippen molar-refractivity contribution in [3.63, 3.8) is 0 Å². The van der Waals surface area contributed by atoms with Crippen LogP contribution in [0.2, 0.25) is 5.02 Å². The molecule has 162 valence electrons. The Labute approximate surface area is 183 Å². The molecule has 6 nitrogen and oxygen atoms in total. The minimum Gasteiger partial charge on any atom is -0.497 e. The highest BCUT2D eigenvalue weighted by Crippen LogP contribution is 2.19. The number of halogens is 1. The summed E-state index contributed by atoms with van der Waals surface area (Å²) in [7, 11) is 1.60. The van der Waals surface area contributed by atoms with E-state index in [9.17, 15) is 9.59 Å². The van der Waals surface area contributed by atoms with Crippen LogP contribution in [0.1, 0.15) is 32.3 Å². The zero-order valence-electron chi connectivity index (χ0n) is 17.7. The first-order valence-corrected chi connectivity index (χ1v) is 10.4. The van der Waals surface area contributed by atoms with Crippen LogP contribution in [0.4, 0.5) is 0 Å². The van der Waals surface area contributed by atoms with Gasteiger partial charge in [0.15, 0.2) is 6.61 Å². The summed E-state index contributed by atoms with van der Waals surface area (Å²) in [5.74, 6) is 0.797. The minimum absolute atomic E-state index is 0.163. The number of carbonyl (C=O) groups is 2. The van der Waals surface area contributed by atoms with Crippen molar-refractivity contribution in [2.45, 2.75) is 39.3 Å². The Morgan fingerprint density at radius 2 is 1.83 bits per heavy atom. The first-order chi connectivity index (χ1) is 14.5. The lowest BCUT2D eigenvalue weighted by Crippen LogP contribution is -2.50. The molecule has 0 spiro atoms. The van der Waals surface area contributed by atoms with Crippen molar-refractivity contribution in [2.24, 2.45) is 0 Å². The summed E-state index contributed by atoms with van der Waals surface area (Å²) in [6.45, 7) is 4.55. The zero-order valence-corrected chi connectivity index (χ0v) is 18.4. The fourth-order valence-electron chi connectivity index (χ4n) is 3.00. The van der Waals surface area contributed by atoms with Crippen LogP contribution in [0.3, 0.4) is 0 Å². The summed E-state index contributed by atoms with van der Waals surface area (Å²) in [5, 5.41) is 3.42. The molecule has 0 aliphatic heterocycles. The molecule has 0 saturated heterocycles. The fourth-order valence-corrected chi connectivity index (χ4v) is 3.18. The van der Waals surface area contributed by atoms with E-state index in [1.165, 1.54) is 0 Å². The fraction of sp³-hybridized carbons (Fsp3) is 0.391. The topological polar surface area (TPSA) is 67.9 Å². The molecule has 1 atom stereocenters. The van der Waals surface area contributed by atoms with Crippen LogP contribution in [0.15, 0.2) is 48.5 Å². The summed E-state index contributed by atoms with van der Waals surface area (Å²) < 4.78 is 10.8. The van der Waals surface area contributed by atoms with Gasteiger partial charge < -0.3 is 19.7 Å². The molecule has 0 aliphatic rings. The van der Waals surface area contributed by atoms with Gasteiger partial charge in [-0.2, -0.15) is 0 Å². The Bertz CT molecular complexity index is 826. The third kappa shape index (κ3) is 6.95. The van der Waals surface area contributed by atoms with Crippen LogP contribution in [-0.2, 0) is 16.1 Å². The lowest BCUT2D eigenvalue weighted by molar-refractivity contribution is -0.143. The van der Waals surface area contributed by atoms with Gasteiger partial charge in [0, 0.05) is 18.1 Å². The molecule has 2 rings (SSSR count). The monoisotopic (exact) mass is 432 g/mol. The summed E-state index contributed by atoms with van der Waals surface area (Å²) in [6, 6.07) is 13.7. The third-order valence-electron chi connectivity index (χ3n) is 4.61. The minimum atomic E-state index is -0.589. The number of hydrogen-bond acceptors (Lipinski definition) is 4. The van der Waals surface area contributed by atoms with Crippen LogP contribution in [-0.4, -0.2) is 43.0 Å². The number of nitrogens with one attached hydrogen (secondary N) is 1. The van der Waals surface area contributed by atoms with Crippen molar-refractivity contribution >= 4 is 23.4 Å². The molecule has 0 bridgehead atoms. The molecule has 1 N–H and O–H groups in total. The van der Waals surface area contributed by atoms with Gasteiger partial charge in [0.1, 0.15) is 17.5 Å². The second-order valence-electron chi connectivity index (χ2n) is 6.83. The van der Waals surface area contributed by atoms with Gasteiger partial charge in [0.25, 0.3) is 5.91 Å². The predicted octanol–water partition coefficient (Wildman–Crippen LogP) is 4.06. The number of rotatable bonds is 11. The van der Waals surface area contributed by atoms with Crippen molar-refractivity contribution in [2.75, 3.05) is 20.3 Å². The first kappa shape index (κ1) is 23.5. The Hall–Kier alpha value is -2.73. The van der Waals surface area contributed by atoms with Gasteiger partial charge in [0.05, 0.1) is 7.11 Å². The number of carbonyl (C=O) groups excluding carboxylic acids is 2. The highest BCUT2D eigenvalue weighted by molar-refractivity contribution is 6.30. The molecule has 7 heteroatoms.